The van der Waals surface area contributed by atoms with E-state index in [9.17, 15) is 5.26 Å². The van der Waals surface area contributed by atoms with Crippen molar-refractivity contribution in [1.82, 2.24) is 15.0 Å². The Balaban J connectivity index is 1.05. The molecule has 9 rings (SSSR count). The van der Waals surface area contributed by atoms with Crippen LogP contribution in [0, 0.1) is 11.3 Å². The Bertz CT molecular complexity index is 2330. The fourth-order valence-corrected chi connectivity index (χ4v) is 8.14. The second-order valence-corrected chi connectivity index (χ2v) is 13.4. The van der Waals surface area contributed by atoms with E-state index in [4.69, 9.17) is 15.0 Å². The van der Waals surface area contributed by atoms with Crippen molar-refractivity contribution < 1.29 is 0 Å². The molecule has 0 bridgehead atoms. The van der Waals surface area contributed by atoms with Crippen LogP contribution in [0.15, 0.2) is 146 Å². The fraction of sp³-hybridized carbons (Fsp3) is 0.130. The van der Waals surface area contributed by atoms with E-state index in [0.29, 0.717) is 17.5 Å². The van der Waals surface area contributed by atoms with Crippen LogP contribution >= 0.6 is 0 Å². The Labute approximate surface area is 292 Å². The van der Waals surface area contributed by atoms with Gasteiger partial charge in [-0.3, -0.25) is 0 Å². The van der Waals surface area contributed by atoms with Gasteiger partial charge < -0.3 is 0 Å². The molecule has 4 nitrogen and oxygen atoms in total. The molecule has 1 spiro atoms. The second kappa shape index (κ2) is 12.4. The molecule has 0 N–H and O–H groups in total. The number of fused-ring (bicyclic) bond motifs is 5. The first kappa shape index (κ1) is 29.9. The average molecular weight is 643 g/mol. The SMILES string of the molecule is N#Cc1ccc2c(c1)C1(CCCCC1)c1cccc(-c3ccc(-c4ccc(-c5nc(-c6ccccc6)nc(-c6ccccc6)n5)cc4)cc3)c1-2. The first-order valence-electron chi connectivity index (χ1n) is 17.5. The number of hydrogen-bond acceptors (Lipinski definition) is 4. The minimum atomic E-state index is 0.00965. The molecule has 0 saturated heterocycles. The number of benzene rings is 6. The highest BCUT2D eigenvalue weighted by atomic mass is 15.0. The van der Waals surface area contributed by atoms with Gasteiger partial charge in [-0.2, -0.15) is 5.26 Å². The van der Waals surface area contributed by atoms with Crippen LogP contribution < -0.4 is 0 Å². The summed E-state index contributed by atoms with van der Waals surface area (Å²) in [6.07, 6.45) is 6.02. The Morgan fingerprint density at radius 1 is 0.440 bits per heavy atom. The topological polar surface area (TPSA) is 62.5 Å². The number of nitriles is 1. The van der Waals surface area contributed by atoms with Gasteiger partial charge in [-0.1, -0.05) is 153 Å². The predicted octanol–water partition coefficient (Wildman–Crippen LogP) is 11.3. The average Bonchev–Trinajstić information content (AvgIpc) is 3.46. The Kier molecular flexibility index (Phi) is 7.40. The maximum atomic E-state index is 9.75. The molecule has 0 atom stereocenters. The lowest BCUT2D eigenvalue weighted by Gasteiger charge is -2.36. The van der Waals surface area contributed by atoms with Gasteiger partial charge >= 0.3 is 0 Å². The second-order valence-electron chi connectivity index (χ2n) is 13.4. The molecule has 0 amide bonds. The van der Waals surface area contributed by atoms with Crippen molar-refractivity contribution in [3.05, 3.63) is 162 Å². The first-order valence-corrected chi connectivity index (χ1v) is 17.5. The van der Waals surface area contributed by atoms with Gasteiger partial charge in [0.2, 0.25) is 0 Å². The third-order valence-electron chi connectivity index (χ3n) is 10.6. The molecule has 7 aromatic rings. The quantitative estimate of drug-likeness (QED) is 0.187. The molecule has 1 heterocycles. The van der Waals surface area contributed by atoms with Crippen LogP contribution in [0.2, 0.25) is 0 Å². The van der Waals surface area contributed by atoms with E-state index in [1.807, 2.05) is 66.7 Å². The van der Waals surface area contributed by atoms with E-state index in [-0.39, 0.29) is 5.41 Å². The summed E-state index contributed by atoms with van der Waals surface area (Å²) >= 11 is 0. The van der Waals surface area contributed by atoms with Crippen LogP contribution in [0.5, 0.6) is 0 Å². The van der Waals surface area contributed by atoms with Crippen molar-refractivity contribution in [3.8, 4) is 73.6 Å². The molecular formula is C46H34N4. The zero-order valence-corrected chi connectivity index (χ0v) is 27.7. The van der Waals surface area contributed by atoms with Crippen molar-refractivity contribution >= 4 is 0 Å². The van der Waals surface area contributed by atoms with Crippen molar-refractivity contribution in [1.29, 1.82) is 5.26 Å². The normalized spacial score (nSPS) is 14.1. The lowest BCUT2D eigenvalue weighted by molar-refractivity contribution is 0.353. The van der Waals surface area contributed by atoms with Crippen molar-refractivity contribution in [2.24, 2.45) is 0 Å². The number of hydrogen-bond donors (Lipinski definition) is 0. The molecule has 1 saturated carbocycles. The smallest absolute Gasteiger partial charge is 0.164 e. The molecule has 0 unspecified atom stereocenters. The summed E-state index contributed by atoms with van der Waals surface area (Å²) < 4.78 is 0. The molecule has 1 fully saturated rings. The van der Waals surface area contributed by atoms with E-state index < -0.39 is 0 Å². The molecular weight excluding hydrogens is 609 g/mol. The lowest BCUT2D eigenvalue weighted by Crippen LogP contribution is -2.28. The molecule has 1 aromatic heterocycles. The van der Waals surface area contributed by atoms with Crippen molar-refractivity contribution in [2.45, 2.75) is 37.5 Å². The minimum Gasteiger partial charge on any atom is -0.208 e. The number of rotatable bonds is 5. The maximum absolute atomic E-state index is 9.75. The largest absolute Gasteiger partial charge is 0.208 e. The summed E-state index contributed by atoms with van der Waals surface area (Å²) in [6.45, 7) is 0. The zero-order valence-electron chi connectivity index (χ0n) is 27.7. The summed E-state index contributed by atoms with van der Waals surface area (Å²) in [5.74, 6) is 1.96. The molecule has 2 aliphatic rings. The van der Waals surface area contributed by atoms with E-state index >= 15 is 0 Å². The maximum Gasteiger partial charge on any atom is 0.164 e. The van der Waals surface area contributed by atoms with Crippen LogP contribution in [0.25, 0.3) is 67.5 Å². The van der Waals surface area contributed by atoms with E-state index in [2.05, 4.69) is 84.9 Å². The monoisotopic (exact) mass is 642 g/mol. The van der Waals surface area contributed by atoms with E-state index in [1.54, 1.807) is 0 Å². The Morgan fingerprint density at radius 3 is 1.52 bits per heavy atom. The fourth-order valence-electron chi connectivity index (χ4n) is 8.14. The molecule has 50 heavy (non-hydrogen) atoms. The van der Waals surface area contributed by atoms with Crippen molar-refractivity contribution in [2.75, 3.05) is 0 Å². The Hall–Kier alpha value is -6.18. The van der Waals surface area contributed by atoms with Gasteiger partial charge in [0.25, 0.3) is 0 Å². The summed E-state index contributed by atoms with van der Waals surface area (Å²) in [6, 6.07) is 53.1. The molecule has 238 valence electrons. The number of aromatic nitrogens is 3. The number of nitrogens with zero attached hydrogens (tertiary/aromatic N) is 4. The highest BCUT2D eigenvalue weighted by molar-refractivity contribution is 5.93. The lowest BCUT2D eigenvalue weighted by atomic mass is 9.67. The molecule has 6 aromatic carbocycles. The van der Waals surface area contributed by atoms with Gasteiger partial charge in [0.1, 0.15) is 0 Å². The third-order valence-corrected chi connectivity index (χ3v) is 10.6. The molecule has 0 radical (unpaired) electrons. The summed E-state index contributed by atoms with van der Waals surface area (Å²) in [7, 11) is 0. The van der Waals surface area contributed by atoms with Crippen LogP contribution in [-0.2, 0) is 5.41 Å². The zero-order chi connectivity index (χ0) is 33.5. The van der Waals surface area contributed by atoms with E-state index in [1.165, 1.54) is 52.6 Å². The van der Waals surface area contributed by atoms with Gasteiger partial charge in [0.05, 0.1) is 11.6 Å². The molecule has 0 aliphatic heterocycles. The highest BCUT2D eigenvalue weighted by Crippen LogP contribution is 2.58. The first-order chi connectivity index (χ1) is 24.7. The predicted molar refractivity (Wildman–Crippen MR) is 201 cm³/mol. The molecule has 2 aliphatic carbocycles. The van der Waals surface area contributed by atoms with Crippen molar-refractivity contribution in [3.63, 3.8) is 0 Å². The third kappa shape index (κ3) is 5.11. The van der Waals surface area contributed by atoms with Crippen LogP contribution in [0.3, 0.4) is 0 Å². The van der Waals surface area contributed by atoms with Crippen LogP contribution in [-0.4, -0.2) is 15.0 Å². The summed E-state index contributed by atoms with van der Waals surface area (Å²) in [5.41, 5.74) is 13.8. The van der Waals surface area contributed by atoms with Gasteiger partial charge in [-0.15, -0.1) is 0 Å². The highest BCUT2D eigenvalue weighted by Gasteiger charge is 2.44. The summed E-state index contributed by atoms with van der Waals surface area (Å²) in [5, 5.41) is 9.75. The van der Waals surface area contributed by atoms with Gasteiger partial charge in [-0.05, 0) is 69.5 Å². The standard InChI is InChI=1S/C46H34N4/c47-30-31-17-26-39-41(29-31)46(27-8-3-9-28-46)40-16-10-15-38(42(39)40)34-22-18-32(19-23-34)33-20-24-37(25-21-33)45-49-43(35-11-4-1-5-12-35)48-44(50-45)36-13-6-2-7-14-36/h1-2,4-7,10-26,29H,3,8-9,27-28H2. The van der Waals surface area contributed by atoms with Gasteiger partial charge in [0, 0.05) is 22.1 Å². The van der Waals surface area contributed by atoms with Gasteiger partial charge in [0.15, 0.2) is 17.5 Å². The molecule has 4 heteroatoms. The minimum absolute atomic E-state index is 0.00965. The van der Waals surface area contributed by atoms with E-state index in [0.717, 1.165) is 46.2 Å². The van der Waals surface area contributed by atoms with Crippen LogP contribution in [0.4, 0.5) is 0 Å². The van der Waals surface area contributed by atoms with Crippen LogP contribution in [0.1, 0.15) is 48.8 Å². The van der Waals surface area contributed by atoms with Gasteiger partial charge in [-0.25, -0.2) is 15.0 Å². The summed E-state index contributed by atoms with van der Waals surface area (Å²) in [4.78, 5) is 14.6. The Morgan fingerprint density at radius 2 is 0.960 bits per heavy atom.